The third-order valence-corrected chi connectivity index (χ3v) is 16.4. The number of thiophene rings is 1. The molecule has 11 aromatic carbocycles. The van der Waals surface area contributed by atoms with Crippen molar-refractivity contribution in [2.75, 3.05) is 4.90 Å². The fourth-order valence-electron chi connectivity index (χ4n) is 12.4. The third-order valence-electron chi connectivity index (χ3n) is 15.2. The van der Waals surface area contributed by atoms with Gasteiger partial charge in [0.2, 0.25) is 0 Å². The van der Waals surface area contributed by atoms with E-state index in [4.69, 9.17) is 0 Å². The van der Waals surface area contributed by atoms with Crippen molar-refractivity contribution >= 4 is 70.4 Å². The molecule has 2 aliphatic carbocycles. The van der Waals surface area contributed by atoms with Crippen LogP contribution >= 0.6 is 11.3 Å². The van der Waals surface area contributed by atoms with Crippen molar-refractivity contribution in [3.63, 3.8) is 0 Å². The van der Waals surface area contributed by atoms with Crippen LogP contribution in [0.4, 0.5) is 17.1 Å². The Labute approximate surface area is 410 Å². The Bertz CT molecular complexity index is 4170. The lowest BCUT2D eigenvalue weighted by Crippen LogP contribution is -2.28. The minimum absolute atomic E-state index is 0.518. The molecular weight excluding hydrogens is 865 g/mol. The molecule has 0 unspecified atom stereocenters. The second-order valence-electron chi connectivity index (χ2n) is 18.7. The van der Waals surface area contributed by atoms with E-state index in [0.717, 1.165) is 17.1 Å². The molecule has 0 saturated carbocycles. The molecule has 15 rings (SSSR count). The first-order chi connectivity index (χ1) is 34.7. The molecule has 0 radical (unpaired) electrons. The van der Waals surface area contributed by atoms with Crippen LogP contribution in [-0.2, 0) is 5.41 Å². The molecule has 13 aromatic rings. The Morgan fingerprint density at radius 1 is 0.343 bits per heavy atom. The number of benzene rings is 11. The van der Waals surface area contributed by atoms with Gasteiger partial charge in [0.15, 0.2) is 0 Å². The Balaban J connectivity index is 0.935. The number of fused-ring (bicyclic) bond motifs is 16. The van der Waals surface area contributed by atoms with Crippen molar-refractivity contribution in [2.24, 2.45) is 0 Å². The largest absolute Gasteiger partial charge is 0.310 e. The van der Waals surface area contributed by atoms with Crippen molar-refractivity contribution in [3.05, 3.63) is 277 Å². The fourth-order valence-corrected chi connectivity index (χ4v) is 13.5. The maximum Gasteiger partial charge on any atom is 0.0746 e. The summed E-state index contributed by atoms with van der Waals surface area (Å²) in [6.45, 7) is 0. The molecule has 2 heterocycles. The average molecular weight is 907 g/mol. The van der Waals surface area contributed by atoms with E-state index < -0.39 is 5.41 Å². The summed E-state index contributed by atoms with van der Waals surface area (Å²) >= 11 is 1.87. The van der Waals surface area contributed by atoms with Crippen LogP contribution in [0.25, 0.3) is 92.2 Å². The van der Waals surface area contributed by atoms with E-state index in [1.165, 1.54) is 114 Å². The molecule has 0 amide bonds. The van der Waals surface area contributed by atoms with Crippen LogP contribution in [0.3, 0.4) is 0 Å². The van der Waals surface area contributed by atoms with E-state index in [1.54, 1.807) is 0 Å². The van der Waals surface area contributed by atoms with Gasteiger partial charge in [0.1, 0.15) is 0 Å². The Morgan fingerprint density at radius 2 is 0.857 bits per heavy atom. The third kappa shape index (κ3) is 5.49. The van der Waals surface area contributed by atoms with E-state index in [1.807, 2.05) is 11.3 Å². The number of anilines is 3. The molecule has 0 fully saturated rings. The van der Waals surface area contributed by atoms with Crippen LogP contribution < -0.4 is 4.90 Å². The SMILES string of the molecule is c1ccc(-n2c3ccccc3c3c(-c4ccc(N(c5ccc(-c6ccc7c(c6)sc6ccccc67)cc5)c5cccc6c5C5(c7ccccc7-c7ccccc75)c5ccccc5-6)cc4)cccc32)cc1. The van der Waals surface area contributed by atoms with E-state index in [0.29, 0.717) is 0 Å². The highest BCUT2D eigenvalue weighted by molar-refractivity contribution is 7.25. The zero-order valence-electron chi connectivity index (χ0n) is 38.1. The van der Waals surface area contributed by atoms with Crippen LogP contribution in [0.5, 0.6) is 0 Å². The smallest absolute Gasteiger partial charge is 0.0746 e. The van der Waals surface area contributed by atoms with Crippen molar-refractivity contribution < 1.29 is 0 Å². The van der Waals surface area contributed by atoms with Gasteiger partial charge in [-0.25, -0.2) is 0 Å². The molecule has 326 valence electrons. The Kier molecular flexibility index (Phi) is 8.48. The minimum Gasteiger partial charge on any atom is -0.310 e. The van der Waals surface area contributed by atoms with Gasteiger partial charge in [0.25, 0.3) is 0 Å². The highest BCUT2D eigenvalue weighted by Gasteiger charge is 2.53. The fraction of sp³-hybridized carbons (Fsp3) is 0.0149. The zero-order valence-corrected chi connectivity index (χ0v) is 38.9. The summed E-state index contributed by atoms with van der Waals surface area (Å²) in [5.74, 6) is 0. The van der Waals surface area contributed by atoms with E-state index in [2.05, 4.69) is 264 Å². The van der Waals surface area contributed by atoms with E-state index in [-0.39, 0.29) is 0 Å². The molecule has 2 aromatic heterocycles. The van der Waals surface area contributed by atoms with E-state index in [9.17, 15) is 0 Å². The first-order valence-electron chi connectivity index (χ1n) is 24.2. The maximum absolute atomic E-state index is 2.51. The molecule has 1 spiro atoms. The first kappa shape index (κ1) is 39.3. The number of hydrogen-bond acceptors (Lipinski definition) is 2. The zero-order chi connectivity index (χ0) is 45.9. The lowest BCUT2D eigenvalue weighted by atomic mass is 9.70. The summed E-state index contributed by atoms with van der Waals surface area (Å²) in [4.78, 5) is 2.51. The molecular formula is C67H42N2S. The molecule has 2 aliphatic rings. The summed E-state index contributed by atoms with van der Waals surface area (Å²) in [7, 11) is 0. The molecule has 0 aliphatic heterocycles. The highest BCUT2D eigenvalue weighted by Crippen LogP contribution is 2.65. The number of para-hydroxylation sites is 2. The molecule has 0 atom stereocenters. The molecule has 0 N–H and O–H groups in total. The molecule has 0 saturated heterocycles. The standard InChI is InChI=1S/C67H42N2S/c1-2-16-46(17-3-1)69-60-28-12-7-22-56(60)65-49(23-14-29-61(65)69)44-34-39-48(40-35-44)68(47-37-32-43(33-38-47)45-36-41-54-53-21-8-13-31-63(53)70-64(54)42-45)62-30-15-24-55-52-20-6-11-27-59(52)67(66(55)62)57-25-9-4-18-50(57)51-19-5-10-26-58(51)67/h1-42H. The van der Waals surface area contributed by atoms with Gasteiger partial charge in [0, 0.05) is 53.6 Å². The Morgan fingerprint density at radius 3 is 1.57 bits per heavy atom. The van der Waals surface area contributed by atoms with Gasteiger partial charge in [-0.1, -0.05) is 188 Å². The second-order valence-corrected chi connectivity index (χ2v) is 19.8. The predicted octanol–water partition coefficient (Wildman–Crippen LogP) is 18.3. The summed E-state index contributed by atoms with van der Waals surface area (Å²) in [6.07, 6.45) is 0. The summed E-state index contributed by atoms with van der Waals surface area (Å²) in [5.41, 5.74) is 21.7. The van der Waals surface area contributed by atoms with Crippen LogP contribution in [0.2, 0.25) is 0 Å². The van der Waals surface area contributed by atoms with Gasteiger partial charge in [-0.3, -0.25) is 0 Å². The van der Waals surface area contributed by atoms with Gasteiger partial charge in [0.05, 0.1) is 22.1 Å². The summed E-state index contributed by atoms with van der Waals surface area (Å²) in [6, 6.07) is 94.8. The monoisotopic (exact) mass is 906 g/mol. The van der Waals surface area contributed by atoms with Crippen LogP contribution in [-0.4, -0.2) is 4.57 Å². The molecule has 0 bridgehead atoms. The lowest BCUT2D eigenvalue weighted by molar-refractivity contribution is 0.793. The van der Waals surface area contributed by atoms with Crippen LogP contribution in [0.15, 0.2) is 255 Å². The van der Waals surface area contributed by atoms with Crippen molar-refractivity contribution in [1.82, 2.24) is 4.57 Å². The number of hydrogen-bond donors (Lipinski definition) is 0. The second kappa shape index (κ2) is 15.1. The topological polar surface area (TPSA) is 8.17 Å². The van der Waals surface area contributed by atoms with Crippen LogP contribution in [0, 0.1) is 0 Å². The minimum atomic E-state index is -0.518. The molecule has 2 nitrogen and oxygen atoms in total. The van der Waals surface area contributed by atoms with Crippen molar-refractivity contribution in [1.29, 1.82) is 0 Å². The molecule has 70 heavy (non-hydrogen) atoms. The van der Waals surface area contributed by atoms with Gasteiger partial charge >= 0.3 is 0 Å². The van der Waals surface area contributed by atoms with Gasteiger partial charge in [-0.15, -0.1) is 11.3 Å². The predicted molar refractivity (Wildman–Crippen MR) is 296 cm³/mol. The van der Waals surface area contributed by atoms with Crippen molar-refractivity contribution in [2.45, 2.75) is 5.41 Å². The number of rotatable bonds is 6. The highest BCUT2D eigenvalue weighted by atomic mass is 32.1. The van der Waals surface area contributed by atoms with Gasteiger partial charge < -0.3 is 9.47 Å². The van der Waals surface area contributed by atoms with E-state index >= 15 is 0 Å². The number of nitrogens with zero attached hydrogens (tertiary/aromatic N) is 2. The maximum atomic E-state index is 2.51. The summed E-state index contributed by atoms with van der Waals surface area (Å²) < 4.78 is 5.04. The van der Waals surface area contributed by atoms with Crippen molar-refractivity contribution in [3.8, 4) is 50.2 Å². The summed E-state index contributed by atoms with van der Waals surface area (Å²) in [5, 5.41) is 5.15. The lowest BCUT2D eigenvalue weighted by Gasteiger charge is -2.36. The van der Waals surface area contributed by atoms with Gasteiger partial charge in [-0.05, 0) is 128 Å². The number of aromatic nitrogens is 1. The van der Waals surface area contributed by atoms with Gasteiger partial charge in [-0.2, -0.15) is 0 Å². The van der Waals surface area contributed by atoms with Crippen LogP contribution in [0.1, 0.15) is 22.3 Å². The quantitative estimate of drug-likeness (QED) is 0.161. The first-order valence-corrected chi connectivity index (χ1v) is 25.0. The molecule has 3 heteroatoms. The normalized spacial score (nSPS) is 13.0. The average Bonchev–Trinajstić information content (AvgIpc) is 4.15. The Hall–Kier alpha value is -8.76.